The van der Waals surface area contributed by atoms with Gasteiger partial charge in [0.15, 0.2) is 0 Å². The first-order valence-corrected chi connectivity index (χ1v) is 8.04. The molecule has 0 spiro atoms. The van der Waals surface area contributed by atoms with Gasteiger partial charge in [-0.1, -0.05) is 32.6 Å². The van der Waals surface area contributed by atoms with E-state index in [2.05, 4.69) is 34.2 Å². The lowest BCUT2D eigenvalue weighted by molar-refractivity contribution is 0.210. The summed E-state index contributed by atoms with van der Waals surface area (Å²) in [7, 11) is 2.22. The van der Waals surface area contributed by atoms with Crippen LogP contribution < -0.4 is 5.32 Å². The molecule has 1 aromatic heterocycles. The normalized spacial score (nSPS) is 17.1. The van der Waals surface area contributed by atoms with Crippen molar-refractivity contribution in [2.45, 2.75) is 64.5 Å². The van der Waals surface area contributed by atoms with Crippen molar-refractivity contribution in [3.05, 3.63) is 18.1 Å². The quantitative estimate of drug-likeness (QED) is 0.808. The summed E-state index contributed by atoms with van der Waals surface area (Å²) in [6.45, 7) is 4.01. The zero-order chi connectivity index (χ0) is 14.2. The average Bonchev–Trinajstić information content (AvgIpc) is 2.75. The monoisotopic (exact) mass is 276 g/mol. The molecular formula is C16H28N4. The molecule has 0 saturated heterocycles. The van der Waals surface area contributed by atoms with Gasteiger partial charge in [-0.25, -0.2) is 4.98 Å². The summed E-state index contributed by atoms with van der Waals surface area (Å²) in [4.78, 5) is 11.4. The van der Waals surface area contributed by atoms with Gasteiger partial charge in [0.25, 0.3) is 0 Å². The Morgan fingerprint density at radius 1 is 1.15 bits per heavy atom. The van der Waals surface area contributed by atoms with Crippen molar-refractivity contribution in [2.75, 3.05) is 18.9 Å². The number of hydrogen-bond donors (Lipinski definition) is 1. The second-order valence-electron chi connectivity index (χ2n) is 5.88. The van der Waals surface area contributed by atoms with Crippen LogP contribution >= 0.6 is 0 Å². The van der Waals surface area contributed by atoms with E-state index in [1.807, 2.05) is 12.4 Å². The molecule has 4 heteroatoms. The van der Waals surface area contributed by atoms with Gasteiger partial charge in [0.05, 0.1) is 18.1 Å². The van der Waals surface area contributed by atoms with Gasteiger partial charge < -0.3 is 5.32 Å². The van der Waals surface area contributed by atoms with Crippen LogP contribution in [0.5, 0.6) is 0 Å². The van der Waals surface area contributed by atoms with Crippen LogP contribution in [0.3, 0.4) is 0 Å². The van der Waals surface area contributed by atoms with E-state index >= 15 is 0 Å². The van der Waals surface area contributed by atoms with E-state index in [0.29, 0.717) is 0 Å². The standard InChI is InChI=1S/C16H28N4/c1-3-10-17-16-12-18-14(11-19-16)13-20(2)15-8-6-4-5-7-9-15/h11-12,15H,3-10,13H2,1-2H3,(H,17,19). The molecule has 0 unspecified atom stereocenters. The van der Waals surface area contributed by atoms with Gasteiger partial charge in [-0.2, -0.15) is 0 Å². The number of hydrogen-bond acceptors (Lipinski definition) is 4. The van der Waals surface area contributed by atoms with Crippen LogP contribution in [0, 0.1) is 0 Å². The van der Waals surface area contributed by atoms with Gasteiger partial charge in [-0.15, -0.1) is 0 Å². The van der Waals surface area contributed by atoms with Crippen LogP contribution in [-0.4, -0.2) is 34.5 Å². The molecule has 0 radical (unpaired) electrons. The minimum Gasteiger partial charge on any atom is -0.369 e. The highest BCUT2D eigenvalue weighted by molar-refractivity contribution is 5.30. The van der Waals surface area contributed by atoms with Crippen LogP contribution in [-0.2, 0) is 6.54 Å². The highest BCUT2D eigenvalue weighted by Gasteiger charge is 2.17. The Hall–Kier alpha value is -1.16. The summed E-state index contributed by atoms with van der Waals surface area (Å²) >= 11 is 0. The lowest BCUT2D eigenvalue weighted by Gasteiger charge is -2.26. The Kier molecular flexibility index (Phi) is 6.25. The van der Waals surface area contributed by atoms with E-state index in [1.54, 1.807) is 0 Å². The number of nitrogens with one attached hydrogen (secondary N) is 1. The second kappa shape index (κ2) is 8.20. The predicted molar refractivity (Wildman–Crippen MR) is 83.8 cm³/mol. The van der Waals surface area contributed by atoms with E-state index in [4.69, 9.17) is 0 Å². The van der Waals surface area contributed by atoms with Gasteiger partial charge in [0.1, 0.15) is 5.82 Å². The van der Waals surface area contributed by atoms with Crippen LogP contribution in [0.4, 0.5) is 5.82 Å². The number of rotatable bonds is 6. The SMILES string of the molecule is CCCNc1cnc(CN(C)C2CCCCCC2)cn1. The summed E-state index contributed by atoms with van der Waals surface area (Å²) in [5.41, 5.74) is 1.07. The van der Waals surface area contributed by atoms with Crippen LogP contribution in [0.15, 0.2) is 12.4 Å². The number of nitrogens with zero attached hydrogens (tertiary/aromatic N) is 3. The molecule has 1 fully saturated rings. The minimum atomic E-state index is 0.720. The summed E-state index contributed by atoms with van der Waals surface area (Å²) in [5.74, 6) is 0.882. The molecular weight excluding hydrogens is 248 g/mol. The van der Waals surface area contributed by atoms with Crippen molar-refractivity contribution in [2.24, 2.45) is 0 Å². The molecule has 0 amide bonds. The first-order chi connectivity index (χ1) is 9.79. The average molecular weight is 276 g/mol. The predicted octanol–water partition coefficient (Wildman–Crippen LogP) is 3.45. The van der Waals surface area contributed by atoms with E-state index in [1.165, 1.54) is 38.5 Å². The molecule has 112 valence electrons. The Bertz CT molecular complexity index is 369. The molecule has 2 rings (SSSR count). The molecule has 1 aliphatic rings. The summed E-state index contributed by atoms with van der Waals surface area (Å²) in [6.07, 6.45) is 13.1. The third-order valence-corrected chi connectivity index (χ3v) is 4.12. The van der Waals surface area contributed by atoms with Crippen LogP contribution in [0.2, 0.25) is 0 Å². The van der Waals surface area contributed by atoms with Crippen molar-refractivity contribution in [1.29, 1.82) is 0 Å². The van der Waals surface area contributed by atoms with Crippen molar-refractivity contribution in [3.8, 4) is 0 Å². The van der Waals surface area contributed by atoms with Crippen molar-refractivity contribution in [1.82, 2.24) is 14.9 Å². The van der Waals surface area contributed by atoms with Gasteiger partial charge in [-0.05, 0) is 26.3 Å². The maximum atomic E-state index is 4.52. The molecule has 1 N–H and O–H groups in total. The van der Waals surface area contributed by atoms with Crippen molar-refractivity contribution < 1.29 is 0 Å². The fourth-order valence-electron chi connectivity index (χ4n) is 2.86. The largest absolute Gasteiger partial charge is 0.369 e. The third kappa shape index (κ3) is 4.75. The van der Waals surface area contributed by atoms with Crippen LogP contribution in [0.1, 0.15) is 57.6 Å². The van der Waals surface area contributed by atoms with Gasteiger partial charge in [0.2, 0.25) is 0 Å². The molecule has 0 bridgehead atoms. The molecule has 1 saturated carbocycles. The minimum absolute atomic E-state index is 0.720. The van der Waals surface area contributed by atoms with E-state index in [-0.39, 0.29) is 0 Å². The first-order valence-electron chi connectivity index (χ1n) is 8.04. The van der Waals surface area contributed by atoms with E-state index in [9.17, 15) is 0 Å². The molecule has 1 heterocycles. The highest BCUT2D eigenvalue weighted by atomic mass is 15.1. The smallest absolute Gasteiger partial charge is 0.144 e. The highest BCUT2D eigenvalue weighted by Crippen LogP contribution is 2.21. The fourth-order valence-corrected chi connectivity index (χ4v) is 2.86. The maximum absolute atomic E-state index is 4.52. The summed E-state index contributed by atoms with van der Waals surface area (Å²) < 4.78 is 0. The summed E-state index contributed by atoms with van der Waals surface area (Å²) in [6, 6.07) is 0.720. The van der Waals surface area contributed by atoms with Crippen LogP contribution in [0.25, 0.3) is 0 Å². The van der Waals surface area contributed by atoms with Crippen molar-refractivity contribution in [3.63, 3.8) is 0 Å². The number of aromatic nitrogens is 2. The molecule has 1 aromatic rings. The van der Waals surface area contributed by atoms with Gasteiger partial charge >= 0.3 is 0 Å². The fraction of sp³-hybridized carbons (Fsp3) is 0.750. The van der Waals surface area contributed by atoms with Crippen molar-refractivity contribution >= 4 is 5.82 Å². The molecule has 1 aliphatic carbocycles. The van der Waals surface area contributed by atoms with E-state index < -0.39 is 0 Å². The second-order valence-corrected chi connectivity index (χ2v) is 5.88. The lowest BCUT2D eigenvalue weighted by Crippen LogP contribution is -2.31. The molecule has 0 aliphatic heterocycles. The zero-order valence-electron chi connectivity index (χ0n) is 12.9. The Labute approximate surface area is 123 Å². The lowest BCUT2D eigenvalue weighted by atomic mass is 10.1. The molecule has 0 atom stereocenters. The molecule has 20 heavy (non-hydrogen) atoms. The van der Waals surface area contributed by atoms with Gasteiger partial charge in [0, 0.05) is 19.1 Å². The molecule has 4 nitrogen and oxygen atoms in total. The van der Waals surface area contributed by atoms with Gasteiger partial charge in [-0.3, -0.25) is 9.88 Å². The number of anilines is 1. The maximum Gasteiger partial charge on any atom is 0.144 e. The topological polar surface area (TPSA) is 41.1 Å². The zero-order valence-corrected chi connectivity index (χ0v) is 12.9. The Morgan fingerprint density at radius 2 is 1.90 bits per heavy atom. The summed E-state index contributed by atoms with van der Waals surface area (Å²) in [5, 5.41) is 3.26. The Balaban J connectivity index is 1.85. The van der Waals surface area contributed by atoms with E-state index in [0.717, 1.165) is 37.1 Å². The first kappa shape index (κ1) is 15.2. The third-order valence-electron chi connectivity index (χ3n) is 4.12. The Morgan fingerprint density at radius 3 is 2.50 bits per heavy atom. The molecule has 0 aromatic carbocycles.